The van der Waals surface area contributed by atoms with Gasteiger partial charge in [0.15, 0.2) is 5.11 Å². The zero-order chi connectivity index (χ0) is 22.6. The van der Waals surface area contributed by atoms with Gasteiger partial charge < -0.3 is 10.6 Å². The zero-order valence-corrected chi connectivity index (χ0v) is 19.0. The van der Waals surface area contributed by atoms with Gasteiger partial charge in [-0.3, -0.25) is 9.10 Å². The molecule has 3 aromatic rings. The number of thiocarbonyl (C=S) groups is 1. The van der Waals surface area contributed by atoms with Gasteiger partial charge in [-0.05, 0) is 66.5 Å². The van der Waals surface area contributed by atoms with Crippen molar-refractivity contribution in [1.82, 2.24) is 5.32 Å². The molecule has 0 fully saturated rings. The van der Waals surface area contributed by atoms with E-state index in [1.54, 1.807) is 24.3 Å². The van der Waals surface area contributed by atoms with Gasteiger partial charge in [-0.25, -0.2) is 8.42 Å². The molecule has 0 aromatic heterocycles. The minimum Gasteiger partial charge on any atom is -0.332 e. The summed E-state index contributed by atoms with van der Waals surface area (Å²) in [6, 6.07) is 23.6. The summed E-state index contributed by atoms with van der Waals surface area (Å²) in [5.41, 5.74) is 3.44. The fraction of sp³-hybridized carbons (Fsp3) is 0.167. The molecule has 4 rings (SSSR count). The number of carbonyl (C=O) groups is 1. The van der Waals surface area contributed by atoms with E-state index in [-0.39, 0.29) is 15.9 Å². The van der Waals surface area contributed by atoms with E-state index in [0.29, 0.717) is 31.5 Å². The molecule has 2 N–H and O–H groups in total. The average Bonchev–Trinajstić information content (AvgIpc) is 3.24. The number of aryl methyl sites for hydroxylation is 1. The van der Waals surface area contributed by atoms with Gasteiger partial charge in [-0.15, -0.1) is 0 Å². The molecule has 3 aromatic carbocycles. The summed E-state index contributed by atoms with van der Waals surface area (Å²) in [5, 5.41) is 5.75. The van der Waals surface area contributed by atoms with Crippen LogP contribution in [0.1, 0.15) is 17.5 Å². The molecule has 0 spiro atoms. The number of benzene rings is 3. The number of fused-ring (bicyclic) bond motifs is 1. The molecule has 0 saturated carbocycles. The molecule has 6 nitrogen and oxygen atoms in total. The molecule has 0 saturated heterocycles. The Morgan fingerprint density at radius 1 is 0.938 bits per heavy atom. The topological polar surface area (TPSA) is 78.5 Å². The predicted octanol–water partition coefficient (Wildman–Crippen LogP) is 3.88. The first-order chi connectivity index (χ1) is 15.4. The van der Waals surface area contributed by atoms with Crippen LogP contribution in [-0.4, -0.2) is 26.0 Å². The van der Waals surface area contributed by atoms with Gasteiger partial charge in [-0.1, -0.05) is 48.5 Å². The summed E-state index contributed by atoms with van der Waals surface area (Å²) in [5.74, 6) is -0.182. The predicted molar refractivity (Wildman–Crippen MR) is 130 cm³/mol. The van der Waals surface area contributed by atoms with Crippen LogP contribution in [-0.2, 0) is 27.7 Å². The van der Waals surface area contributed by atoms with Crippen molar-refractivity contribution in [3.63, 3.8) is 0 Å². The zero-order valence-electron chi connectivity index (χ0n) is 17.3. The number of rotatable bonds is 6. The molecular weight excluding hydrogens is 442 g/mol. The molecule has 164 valence electrons. The lowest BCUT2D eigenvalue weighted by Crippen LogP contribution is -2.34. The van der Waals surface area contributed by atoms with Crippen LogP contribution in [0.4, 0.5) is 11.4 Å². The largest absolute Gasteiger partial charge is 0.332 e. The van der Waals surface area contributed by atoms with Crippen LogP contribution in [0.15, 0.2) is 83.8 Å². The van der Waals surface area contributed by atoms with Crippen LogP contribution in [0.3, 0.4) is 0 Å². The second-order valence-corrected chi connectivity index (χ2v) is 9.74. The summed E-state index contributed by atoms with van der Waals surface area (Å²) in [6.45, 7) is 0.431. The Kier molecular flexibility index (Phi) is 6.53. The van der Waals surface area contributed by atoms with E-state index >= 15 is 0 Å². The summed E-state index contributed by atoms with van der Waals surface area (Å²) < 4.78 is 27.6. The number of hydrogen-bond donors (Lipinski definition) is 2. The normalized spacial score (nSPS) is 12.8. The Hall–Kier alpha value is -3.23. The Morgan fingerprint density at radius 3 is 2.38 bits per heavy atom. The maximum atomic E-state index is 13.1. The molecule has 0 aliphatic carbocycles. The van der Waals surface area contributed by atoms with Crippen LogP contribution < -0.4 is 14.9 Å². The summed E-state index contributed by atoms with van der Waals surface area (Å²) in [7, 11) is -3.65. The van der Waals surface area contributed by atoms with Crippen molar-refractivity contribution in [1.29, 1.82) is 0 Å². The highest BCUT2D eigenvalue weighted by Crippen LogP contribution is 2.32. The van der Waals surface area contributed by atoms with Gasteiger partial charge in [0.2, 0.25) is 5.91 Å². The van der Waals surface area contributed by atoms with Crippen LogP contribution >= 0.6 is 12.2 Å². The number of anilines is 2. The van der Waals surface area contributed by atoms with Crippen LogP contribution in [0, 0.1) is 0 Å². The highest BCUT2D eigenvalue weighted by Gasteiger charge is 2.30. The van der Waals surface area contributed by atoms with E-state index in [2.05, 4.69) is 10.6 Å². The number of amides is 1. The Bertz CT molecular complexity index is 1230. The van der Waals surface area contributed by atoms with Crippen LogP contribution in [0.5, 0.6) is 0 Å². The van der Waals surface area contributed by atoms with Crippen molar-refractivity contribution >= 4 is 44.6 Å². The second-order valence-electron chi connectivity index (χ2n) is 7.47. The van der Waals surface area contributed by atoms with E-state index in [1.807, 2.05) is 54.6 Å². The monoisotopic (exact) mass is 465 g/mol. The smallest absolute Gasteiger partial charge is 0.264 e. The lowest BCUT2D eigenvalue weighted by molar-refractivity contribution is -0.119. The van der Waals surface area contributed by atoms with Crippen LogP contribution in [0.2, 0.25) is 0 Å². The first-order valence-electron chi connectivity index (χ1n) is 10.3. The molecular formula is C24H23N3O3S2. The quantitative estimate of drug-likeness (QED) is 0.540. The second kappa shape index (κ2) is 9.50. The molecule has 0 atom stereocenters. The minimum atomic E-state index is -3.65. The fourth-order valence-electron chi connectivity index (χ4n) is 3.65. The number of sulfonamides is 1. The highest BCUT2D eigenvalue weighted by atomic mass is 32.2. The number of hydrogen-bond acceptors (Lipinski definition) is 4. The fourth-order valence-corrected chi connectivity index (χ4v) is 5.38. The molecule has 1 aliphatic rings. The summed E-state index contributed by atoms with van der Waals surface area (Å²) in [6.07, 6.45) is 1.65. The maximum Gasteiger partial charge on any atom is 0.264 e. The van der Waals surface area contributed by atoms with E-state index in [9.17, 15) is 13.2 Å². The van der Waals surface area contributed by atoms with Crippen molar-refractivity contribution in [3.05, 3.63) is 90.0 Å². The summed E-state index contributed by atoms with van der Waals surface area (Å²) >= 11 is 5.21. The van der Waals surface area contributed by atoms with Gasteiger partial charge in [-0.2, -0.15) is 0 Å². The number of nitrogens with zero attached hydrogens (tertiary/aromatic N) is 1. The van der Waals surface area contributed by atoms with E-state index in [1.165, 1.54) is 4.31 Å². The molecule has 1 amide bonds. The van der Waals surface area contributed by atoms with Crippen molar-refractivity contribution in [3.8, 4) is 0 Å². The molecule has 0 unspecified atom stereocenters. The summed E-state index contributed by atoms with van der Waals surface area (Å²) in [4.78, 5) is 12.3. The molecule has 0 bridgehead atoms. The molecule has 0 radical (unpaired) electrons. The van der Waals surface area contributed by atoms with Gasteiger partial charge in [0, 0.05) is 18.7 Å². The third-order valence-corrected chi connectivity index (χ3v) is 7.31. The number of carbonyl (C=O) groups excluding carboxylic acids is 1. The van der Waals surface area contributed by atoms with E-state index in [4.69, 9.17) is 12.2 Å². The molecule has 1 aliphatic heterocycles. The molecule has 32 heavy (non-hydrogen) atoms. The molecule has 1 heterocycles. The standard InChI is InChI=1S/C24H23N3O3S2/c28-23(15-10-18-6-2-1-3-7-18)26-24(31)25-20-11-13-21(14-12-20)32(29,30)27-17-16-19-8-4-5-9-22(19)27/h1-9,11-14H,10,15-17H2,(H2,25,26,28,31). The Labute approximate surface area is 193 Å². The van der Waals surface area contributed by atoms with Crippen molar-refractivity contribution in [2.24, 2.45) is 0 Å². The Morgan fingerprint density at radius 2 is 1.62 bits per heavy atom. The molecule has 8 heteroatoms. The van der Waals surface area contributed by atoms with E-state index in [0.717, 1.165) is 16.8 Å². The third-order valence-electron chi connectivity index (χ3n) is 5.28. The van der Waals surface area contributed by atoms with Gasteiger partial charge in [0.05, 0.1) is 10.6 Å². The average molecular weight is 466 g/mol. The first-order valence-corrected chi connectivity index (χ1v) is 12.1. The van der Waals surface area contributed by atoms with Crippen molar-refractivity contribution < 1.29 is 13.2 Å². The number of para-hydroxylation sites is 1. The van der Waals surface area contributed by atoms with Crippen molar-refractivity contribution in [2.45, 2.75) is 24.2 Å². The third kappa shape index (κ3) is 4.98. The highest BCUT2D eigenvalue weighted by molar-refractivity contribution is 7.92. The van der Waals surface area contributed by atoms with Crippen LogP contribution in [0.25, 0.3) is 0 Å². The van der Waals surface area contributed by atoms with Gasteiger partial charge >= 0.3 is 0 Å². The Balaban J connectivity index is 1.34. The van der Waals surface area contributed by atoms with Gasteiger partial charge in [0.25, 0.3) is 10.0 Å². The SMILES string of the molecule is O=C(CCc1ccccc1)NC(=S)Nc1ccc(S(=O)(=O)N2CCc3ccccc32)cc1. The van der Waals surface area contributed by atoms with E-state index < -0.39 is 10.0 Å². The maximum absolute atomic E-state index is 13.1. The lowest BCUT2D eigenvalue weighted by atomic mass is 10.1. The van der Waals surface area contributed by atoms with Gasteiger partial charge in [0.1, 0.15) is 0 Å². The van der Waals surface area contributed by atoms with Crippen molar-refractivity contribution in [2.75, 3.05) is 16.2 Å². The first kappa shape index (κ1) is 22.0. The number of nitrogens with one attached hydrogen (secondary N) is 2. The lowest BCUT2D eigenvalue weighted by Gasteiger charge is -2.19. The minimum absolute atomic E-state index is 0.173.